The monoisotopic (exact) mass is 441 g/mol. The van der Waals surface area contributed by atoms with Crippen LogP contribution in [0.4, 0.5) is 0 Å². The van der Waals surface area contributed by atoms with Crippen molar-refractivity contribution in [1.29, 1.82) is 0 Å². The molecule has 11 heteroatoms. The number of sulfonamides is 1. The van der Waals surface area contributed by atoms with Crippen molar-refractivity contribution in [3.8, 4) is 0 Å². The SMILES string of the molecule is Cc1nn(C)c(C)c1CCC(=O)NC1CN(S(C)(=O)=O)CC2(CCOCC2)NC1=O. The molecule has 1 atom stereocenters. The van der Waals surface area contributed by atoms with Crippen LogP contribution in [-0.4, -0.2) is 78.5 Å². The van der Waals surface area contributed by atoms with E-state index >= 15 is 0 Å². The van der Waals surface area contributed by atoms with E-state index < -0.39 is 21.6 Å². The van der Waals surface area contributed by atoms with Gasteiger partial charge >= 0.3 is 0 Å². The van der Waals surface area contributed by atoms with Gasteiger partial charge in [0, 0.05) is 45.5 Å². The fraction of sp³-hybridized carbons (Fsp3) is 0.737. The minimum absolute atomic E-state index is 0.0794. The Hall–Kier alpha value is -1.98. The zero-order valence-corrected chi connectivity index (χ0v) is 18.8. The van der Waals surface area contributed by atoms with Crippen molar-refractivity contribution in [1.82, 2.24) is 24.7 Å². The highest BCUT2D eigenvalue weighted by Crippen LogP contribution is 2.25. The van der Waals surface area contributed by atoms with Gasteiger partial charge < -0.3 is 15.4 Å². The number of nitrogens with one attached hydrogen (secondary N) is 2. The highest BCUT2D eigenvalue weighted by Gasteiger charge is 2.43. The van der Waals surface area contributed by atoms with Crippen molar-refractivity contribution in [3.05, 3.63) is 17.0 Å². The predicted octanol–water partition coefficient (Wildman–Crippen LogP) is -0.605. The van der Waals surface area contributed by atoms with E-state index in [0.29, 0.717) is 32.5 Å². The van der Waals surface area contributed by atoms with Gasteiger partial charge in [-0.05, 0) is 38.7 Å². The van der Waals surface area contributed by atoms with Crippen molar-refractivity contribution in [2.45, 2.75) is 51.1 Å². The standard InChI is InChI=1S/C19H31N5O5S/c1-13-15(14(2)23(3)22-13)5-6-17(25)20-16-11-24(30(4,27)28)12-19(21-18(16)26)7-9-29-10-8-19/h16H,5-12H2,1-4H3,(H,20,25)(H,21,26). The number of nitrogens with zero attached hydrogens (tertiary/aromatic N) is 3. The molecule has 3 heterocycles. The van der Waals surface area contributed by atoms with Gasteiger partial charge in [0.2, 0.25) is 21.8 Å². The molecule has 2 amide bonds. The second-order valence-electron chi connectivity index (χ2n) is 8.33. The van der Waals surface area contributed by atoms with Crippen molar-refractivity contribution in [2.75, 3.05) is 32.6 Å². The lowest BCUT2D eigenvalue weighted by Crippen LogP contribution is -2.58. The Balaban J connectivity index is 1.70. The quantitative estimate of drug-likeness (QED) is 0.629. The lowest BCUT2D eigenvalue weighted by atomic mass is 9.90. The first-order valence-electron chi connectivity index (χ1n) is 10.1. The van der Waals surface area contributed by atoms with Gasteiger partial charge in [-0.25, -0.2) is 8.42 Å². The average Bonchev–Trinajstić information content (AvgIpc) is 2.81. The lowest BCUT2D eigenvalue weighted by Gasteiger charge is -2.38. The topological polar surface area (TPSA) is 123 Å². The Morgan fingerprint density at radius 1 is 1.33 bits per heavy atom. The van der Waals surface area contributed by atoms with E-state index in [9.17, 15) is 18.0 Å². The van der Waals surface area contributed by atoms with Crippen molar-refractivity contribution >= 4 is 21.8 Å². The van der Waals surface area contributed by atoms with Crippen LogP contribution in [0.5, 0.6) is 0 Å². The van der Waals surface area contributed by atoms with Crippen LogP contribution in [-0.2, 0) is 37.8 Å². The number of carbonyl (C=O) groups excluding carboxylic acids is 2. The zero-order chi connectivity index (χ0) is 22.1. The Kier molecular flexibility index (Phi) is 6.54. The number of hydrogen-bond donors (Lipinski definition) is 2. The second-order valence-corrected chi connectivity index (χ2v) is 10.3. The molecule has 2 saturated heterocycles. The first-order valence-corrected chi connectivity index (χ1v) is 12.0. The molecule has 3 rings (SSSR count). The number of aryl methyl sites for hydroxylation is 2. The van der Waals surface area contributed by atoms with E-state index in [4.69, 9.17) is 4.74 Å². The normalized spacial score (nSPS) is 22.5. The highest BCUT2D eigenvalue weighted by molar-refractivity contribution is 7.88. The summed E-state index contributed by atoms with van der Waals surface area (Å²) in [5.74, 6) is -0.653. The van der Waals surface area contributed by atoms with Crippen LogP contribution in [0.1, 0.15) is 36.2 Å². The molecule has 1 spiro atoms. The van der Waals surface area contributed by atoms with Gasteiger partial charge in [0.1, 0.15) is 6.04 Å². The van der Waals surface area contributed by atoms with Crippen LogP contribution in [0.15, 0.2) is 0 Å². The number of rotatable bonds is 5. The molecular weight excluding hydrogens is 410 g/mol. The molecule has 1 aromatic rings. The molecule has 2 aliphatic heterocycles. The van der Waals surface area contributed by atoms with E-state index in [1.165, 1.54) is 4.31 Å². The van der Waals surface area contributed by atoms with Crippen LogP contribution < -0.4 is 10.6 Å². The summed E-state index contributed by atoms with van der Waals surface area (Å²) < 4.78 is 33.1. The van der Waals surface area contributed by atoms with Gasteiger partial charge in [-0.15, -0.1) is 0 Å². The van der Waals surface area contributed by atoms with Crippen molar-refractivity contribution in [3.63, 3.8) is 0 Å². The summed E-state index contributed by atoms with van der Waals surface area (Å²) in [7, 11) is -1.69. The predicted molar refractivity (Wildman–Crippen MR) is 110 cm³/mol. The van der Waals surface area contributed by atoms with Crippen LogP contribution in [0, 0.1) is 13.8 Å². The molecule has 1 aromatic heterocycles. The Morgan fingerprint density at radius 2 is 2.00 bits per heavy atom. The third kappa shape index (κ3) is 5.01. The van der Waals surface area contributed by atoms with E-state index in [1.54, 1.807) is 4.68 Å². The lowest BCUT2D eigenvalue weighted by molar-refractivity contribution is -0.130. The van der Waals surface area contributed by atoms with Crippen LogP contribution >= 0.6 is 0 Å². The maximum Gasteiger partial charge on any atom is 0.244 e. The summed E-state index contributed by atoms with van der Waals surface area (Å²) >= 11 is 0. The van der Waals surface area contributed by atoms with Gasteiger partial charge in [-0.2, -0.15) is 9.40 Å². The van der Waals surface area contributed by atoms with Gasteiger partial charge in [-0.1, -0.05) is 0 Å². The molecule has 0 aromatic carbocycles. The van der Waals surface area contributed by atoms with E-state index in [0.717, 1.165) is 23.2 Å². The third-order valence-corrected chi connectivity index (χ3v) is 7.30. The minimum atomic E-state index is -3.54. The second kappa shape index (κ2) is 8.64. The molecular formula is C19H31N5O5S. The summed E-state index contributed by atoms with van der Waals surface area (Å²) in [6.07, 6.45) is 2.89. The number of amides is 2. The zero-order valence-electron chi connectivity index (χ0n) is 18.0. The molecule has 30 heavy (non-hydrogen) atoms. The molecule has 0 bridgehead atoms. The molecule has 2 N–H and O–H groups in total. The Labute approximate surface area is 177 Å². The summed E-state index contributed by atoms with van der Waals surface area (Å²) in [5, 5.41) is 10.1. The Morgan fingerprint density at radius 3 is 2.57 bits per heavy atom. The molecule has 10 nitrogen and oxygen atoms in total. The highest BCUT2D eigenvalue weighted by atomic mass is 32.2. The van der Waals surface area contributed by atoms with Gasteiger partial charge in [-0.3, -0.25) is 14.3 Å². The van der Waals surface area contributed by atoms with Crippen LogP contribution in [0.25, 0.3) is 0 Å². The maximum atomic E-state index is 12.9. The molecule has 0 saturated carbocycles. The van der Waals surface area contributed by atoms with Crippen molar-refractivity contribution in [2.24, 2.45) is 7.05 Å². The average molecular weight is 442 g/mol. The Bertz CT molecular complexity index is 920. The molecule has 2 fully saturated rings. The fourth-order valence-electron chi connectivity index (χ4n) is 4.17. The number of ether oxygens (including phenoxy) is 1. The summed E-state index contributed by atoms with van der Waals surface area (Å²) in [6.45, 7) is 4.86. The molecule has 1 unspecified atom stereocenters. The largest absolute Gasteiger partial charge is 0.381 e. The van der Waals surface area contributed by atoms with E-state index in [2.05, 4.69) is 15.7 Å². The van der Waals surface area contributed by atoms with E-state index in [1.807, 2.05) is 20.9 Å². The van der Waals surface area contributed by atoms with Gasteiger partial charge in [0.25, 0.3) is 0 Å². The molecule has 0 radical (unpaired) electrons. The summed E-state index contributed by atoms with van der Waals surface area (Å²) in [5.41, 5.74) is 2.22. The minimum Gasteiger partial charge on any atom is -0.381 e. The number of aromatic nitrogens is 2. The van der Waals surface area contributed by atoms with Crippen molar-refractivity contribution < 1.29 is 22.7 Å². The first-order chi connectivity index (χ1) is 14.0. The fourth-order valence-corrected chi connectivity index (χ4v) is 5.07. The van der Waals surface area contributed by atoms with Crippen LogP contribution in [0.3, 0.4) is 0 Å². The number of carbonyl (C=O) groups is 2. The van der Waals surface area contributed by atoms with Gasteiger partial charge in [0.05, 0.1) is 17.5 Å². The number of hydrogen-bond acceptors (Lipinski definition) is 6. The molecule has 168 valence electrons. The van der Waals surface area contributed by atoms with Crippen LogP contribution in [0.2, 0.25) is 0 Å². The van der Waals surface area contributed by atoms with E-state index in [-0.39, 0.29) is 31.3 Å². The maximum absolute atomic E-state index is 12.9. The smallest absolute Gasteiger partial charge is 0.244 e. The molecule has 0 aliphatic carbocycles. The third-order valence-electron chi connectivity index (χ3n) is 6.09. The molecule has 2 aliphatic rings. The summed E-state index contributed by atoms with van der Waals surface area (Å²) in [4.78, 5) is 25.5. The first kappa shape index (κ1) is 22.7. The summed E-state index contributed by atoms with van der Waals surface area (Å²) in [6, 6.07) is -0.939. The van der Waals surface area contributed by atoms with Gasteiger partial charge in [0.15, 0.2) is 0 Å².